The third-order valence-electron chi connectivity index (χ3n) is 3.04. The van der Waals surface area contributed by atoms with Gasteiger partial charge in [0.1, 0.15) is 0 Å². The lowest BCUT2D eigenvalue weighted by Crippen LogP contribution is -2.19. The number of thioether (sulfide) groups is 1. The minimum atomic E-state index is -0.0517. The highest BCUT2D eigenvalue weighted by atomic mass is 35.5. The maximum atomic E-state index is 11.0. The van der Waals surface area contributed by atoms with E-state index in [0.29, 0.717) is 15.9 Å². The van der Waals surface area contributed by atoms with Crippen LogP contribution in [0.4, 0.5) is 0 Å². The molecule has 0 unspecified atom stereocenters. The van der Waals surface area contributed by atoms with Crippen molar-refractivity contribution in [3.8, 4) is 11.1 Å². The van der Waals surface area contributed by atoms with Crippen LogP contribution >= 0.6 is 23.4 Å². The number of halogens is 1. The van der Waals surface area contributed by atoms with Crippen LogP contribution in [0.3, 0.4) is 0 Å². The van der Waals surface area contributed by atoms with E-state index >= 15 is 0 Å². The third-order valence-corrected chi connectivity index (χ3v) is 4.23. The summed E-state index contributed by atoms with van der Waals surface area (Å²) in [6, 6.07) is 15.8. The van der Waals surface area contributed by atoms with Crippen LogP contribution in [0.2, 0.25) is 5.02 Å². The van der Waals surface area contributed by atoms with Crippen molar-refractivity contribution in [3.05, 3.63) is 59.1 Å². The Morgan fingerprint density at radius 3 is 2.64 bits per heavy atom. The molecule has 0 saturated carbocycles. The zero-order chi connectivity index (χ0) is 15.4. The molecule has 1 aliphatic rings. The number of amidine groups is 1. The van der Waals surface area contributed by atoms with Crippen LogP contribution in [-0.2, 0) is 4.79 Å². The summed E-state index contributed by atoms with van der Waals surface area (Å²) < 4.78 is 0. The molecule has 1 fully saturated rings. The first-order valence-corrected chi connectivity index (χ1v) is 7.97. The van der Waals surface area contributed by atoms with Crippen molar-refractivity contribution in [1.29, 1.82) is 0 Å². The Morgan fingerprint density at radius 2 is 1.95 bits per heavy atom. The number of nitrogens with zero attached hydrogens (tertiary/aromatic N) is 2. The fraction of sp³-hybridized carbons (Fsp3) is 0.0625. The number of hydrogen-bond donors (Lipinski definition) is 1. The minimum Gasteiger partial charge on any atom is -0.303 e. The molecule has 0 spiro atoms. The standard InChI is InChI=1S/C16H12ClN3OS/c17-14-8-12(11-4-2-1-3-5-11)6-7-13(14)9-18-20-16-19-15(21)10-22-16/h1-9H,10H2,(H,19,20,21). The Hall–Kier alpha value is -2.11. The lowest BCUT2D eigenvalue weighted by molar-refractivity contribution is -0.116. The number of carbonyl (C=O) groups excluding carboxylic acids is 1. The second kappa shape index (κ2) is 6.77. The molecule has 0 radical (unpaired) electrons. The van der Waals surface area contributed by atoms with E-state index in [-0.39, 0.29) is 5.91 Å². The molecule has 1 heterocycles. The molecule has 1 saturated heterocycles. The summed E-state index contributed by atoms with van der Waals surface area (Å²) in [4.78, 5) is 11.0. The largest absolute Gasteiger partial charge is 0.303 e. The van der Waals surface area contributed by atoms with Crippen molar-refractivity contribution >= 4 is 40.7 Å². The van der Waals surface area contributed by atoms with Crippen LogP contribution in [0.25, 0.3) is 11.1 Å². The summed E-state index contributed by atoms with van der Waals surface area (Å²) >= 11 is 7.62. The van der Waals surface area contributed by atoms with Crippen LogP contribution in [-0.4, -0.2) is 23.0 Å². The van der Waals surface area contributed by atoms with Gasteiger partial charge >= 0.3 is 0 Å². The predicted octanol–water partition coefficient (Wildman–Crippen LogP) is 3.56. The Balaban J connectivity index is 1.77. The van der Waals surface area contributed by atoms with Gasteiger partial charge in [-0.15, -0.1) is 5.10 Å². The summed E-state index contributed by atoms with van der Waals surface area (Å²) in [6.07, 6.45) is 1.58. The third kappa shape index (κ3) is 3.55. The van der Waals surface area contributed by atoms with E-state index in [1.807, 2.05) is 48.5 Å². The maximum Gasteiger partial charge on any atom is 0.236 e. The molecule has 0 atom stereocenters. The first-order valence-electron chi connectivity index (χ1n) is 6.61. The van der Waals surface area contributed by atoms with E-state index in [4.69, 9.17) is 11.6 Å². The quantitative estimate of drug-likeness (QED) is 0.691. The highest BCUT2D eigenvalue weighted by Crippen LogP contribution is 2.24. The van der Waals surface area contributed by atoms with Gasteiger partial charge in [-0.2, -0.15) is 5.10 Å². The van der Waals surface area contributed by atoms with E-state index in [1.54, 1.807) is 6.21 Å². The lowest BCUT2D eigenvalue weighted by atomic mass is 10.0. The second-order valence-electron chi connectivity index (χ2n) is 4.59. The SMILES string of the molecule is O=C1CSC(=NN=Cc2ccc(-c3ccccc3)cc2Cl)N1. The minimum absolute atomic E-state index is 0.0517. The van der Waals surface area contributed by atoms with Gasteiger partial charge in [0.25, 0.3) is 0 Å². The van der Waals surface area contributed by atoms with Crippen molar-refractivity contribution < 1.29 is 4.79 Å². The van der Waals surface area contributed by atoms with Crippen molar-refractivity contribution in [2.24, 2.45) is 10.2 Å². The monoisotopic (exact) mass is 329 g/mol. The Bertz CT molecular complexity index is 759. The number of benzene rings is 2. The predicted molar refractivity (Wildman–Crippen MR) is 92.5 cm³/mol. The van der Waals surface area contributed by atoms with Gasteiger partial charge in [0.2, 0.25) is 5.91 Å². The molecule has 2 aromatic carbocycles. The van der Waals surface area contributed by atoms with Crippen LogP contribution in [0.1, 0.15) is 5.56 Å². The van der Waals surface area contributed by atoms with Gasteiger partial charge in [0.15, 0.2) is 5.17 Å². The molecule has 6 heteroatoms. The summed E-state index contributed by atoms with van der Waals surface area (Å²) in [7, 11) is 0. The molecule has 110 valence electrons. The highest BCUT2D eigenvalue weighted by molar-refractivity contribution is 8.15. The molecular weight excluding hydrogens is 318 g/mol. The van der Waals surface area contributed by atoms with Gasteiger partial charge in [-0.05, 0) is 17.2 Å². The molecule has 1 N–H and O–H groups in total. The van der Waals surface area contributed by atoms with E-state index < -0.39 is 0 Å². The summed E-state index contributed by atoms with van der Waals surface area (Å²) in [5.41, 5.74) is 2.94. The molecule has 2 aromatic rings. The Morgan fingerprint density at radius 1 is 1.14 bits per heavy atom. The zero-order valence-corrected chi connectivity index (χ0v) is 13.1. The van der Waals surface area contributed by atoms with Crippen LogP contribution in [0.15, 0.2) is 58.7 Å². The van der Waals surface area contributed by atoms with E-state index in [2.05, 4.69) is 15.5 Å². The van der Waals surface area contributed by atoms with E-state index in [9.17, 15) is 4.79 Å². The summed E-state index contributed by atoms with van der Waals surface area (Å²) in [6.45, 7) is 0. The highest BCUT2D eigenvalue weighted by Gasteiger charge is 2.15. The molecule has 22 heavy (non-hydrogen) atoms. The molecule has 0 aromatic heterocycles. The van der Waals surface area contributed by atoms with Crippen LogP contribution < -0.4 is 5.32 Å². The number of nitrogens with one attached hydrogen (secondary N) is 1. The van der Waals surface area contributed by atoms with E-state index in [0.717, 1.165) is 16.7 Å². The van der Waals surface area contributed by atoms with Crippen molar-refractivity contribution in [2.75, 3.05) is 5.75 Å². The van der Waals surface area contributed by atoms with Gasteiger partial charge in [0, 0.05) is 5.56 Å². The number of hydrogen-bond acceptors (Lipinski definition) is 4. The van der Waals surface area contributed by atoms with Crippen LogP contribution in [0.5, 0.6) is 0 Å². The first-order chi connectivity index (χ1) is 10.7. The van der Waals surface area contributed by atoms with Gasteiger partial charge in [0.05, 0.1) is 17.0 Å². The lowest BCUT2D eigenvalue weighted by Gasteiger charge is -2.04. The maximum absolute atomic E-state index is 11.0. The average Bonchev–Trinajstić information content (AvgIpc) is 2.95. The number of amides is 1. The van der Waals surface area contributed by atoms with E-state index in [1.165, 1.54) is 11.8 Å². The summed E-state index contributed by atoms with van der Waals surface area (Å²) in [5, 5.41) is 11.6. The van der Waals surface area contributed by atoms with Crippen molar-refractivity contribution in [1.82, 2.24) is 5.32 Å². The normalized spacial score (nSPS) is 16.4. The van der Waals surface area contributed by atoms with Gasteiger partial charge in [-0.1, -0.05) is 65.8 Å². The summed E-state index contributed by atoms with van der Waals surface area (Å²) in [5.74, 6) is 0.338. The second-order valence-corrected chi connectivity index (χ2v) is 5.96. The van der Waals surface area contributed by atoms with Crippen molar-refractivity contribution in [2.45, 2.75) is 0 Å². The Kier molecular flexibility index (Phi) is 4.56. The smallest absolute Gasteiger partial charge is 0.236 e. The molecule has 0 bridgehead atoms. The molecular formula is C16H12ClN3OS. The average molecular weight is 330 g/mol. The molecule has 4 nitrogen and oxygen atoms in total. The van der Waals surface area contributed by atoms with Crippen molar-refractivity contribution in [3.63, 3.8) is 0 Å². The number of carbonyl (C=O) groups is 1. The van der Waals surface area contributed by atoms with Gasteiger partial charge < -0.3 is 5.32 Å². The fourth-order valence-electron chi connectivity index (χ4n) is 1.96. The molecule has 1 amide bonds. The van der Waals surface area contributed by atoms with Gasteiger partial charge in [-0.3, -0.25) is 4.79 Å². The topological polar surface area (TPSA) is 53.8 Å². The first kappa shape index (κ1) is 14.8. The van der Waals surface area contributed by atoms with Gasteiger partial charge in [-0.25, -0.2) is 0 Å². The number of rotatable bonds is 3. The molecule has 3 rings (SSSR count). The van der Waals surface area contributed by atoms with Crippen LogP contribution in [0, 0.1) is 0 Å². The fourth-order valence-corrected chi connectivity index (χ4v) is 2.82. The zero-order valence-electron chi connectivity index (χ0n) is 11.5. The Labute approximate surface area is 137 Å². The molecule has 1 aliphatic heterocycles. The molecule has 0 aliphatic carbocycles.